The molecule has 6 heteroatoms. The van der Waals surface area contributed by atoms with Crippen LogP contribution in [0.25, 0.3) is 0 Å². The lowest BCUT2D eigenvalue weighted by Gasteiger charge is -2.19. The van der Waals surface area contributed by atoms with Crippen LogP contribution in [0.3, 0.4) is 0 Å². The van der Waals surface area contributed by atoms with Gasteiger partial charge in [-0.15, -0.1) is 0 Å². The van der Waals surface area contributed by atoms with E-state index in [0.717, 1.165) is 12.1 Å². The third-order valence-corrected chi connectivity index (χ3v) is 2.57. The van der Waals surface area contributed by atoms with E-state index >= 15 is 0 Å². The first-order chi connectivity index (χ1) is 8.97. The number of hydrogen-bond acceptors (Lipinski definition) is 1. The zero-order valence-corrected chi connectivity index (χ0v) is 9.82. The molecule has 2 rings (SSSR count). The Morgan fingerprint density at radius 3 is 2.26 bits per heavy atom. The second kappa shape index (κ2) is 5.34. The summed E-state index contributed by atoms with van der Waals surface area (Å²) in [5.74, 6) is -1.23. The van der Waals surface area contributed by atoms with Crippen molar-refractivity contribution in [1.82, 2.24) is 0 Å². The van der Waals surface area contributed by atoms with E-state index in [1.807, 2.05) is 0 Å². The SMILES string of the molecule is Fc1ccc([B-](F)(F)F)c(OCc2ccccc2)c1. The monoisotopic (exact) mass is 269 g/mol. The van der Waals surface area contributed by atoms with Crippen LogP contribution in [0.2, 0.25) is 0 Å². The molecule has 2 aromatic rings. The molecule has 2 aromatic carbocycles. The summed E-state index contributed by atoms with van der Waals surface area (Å²) >= 11 is 0. The molecule has 0 aromatic heterocycles. The fraction of sp³-hybridized carbons (Fsp3) is 0.0769. The van der Waals surface area contributed by atoms with Crippen LogP contribution >= 0.6 is 0 Å². The van der Waals surface area contributed by atoms with Gasteiger partial charge in [0.2, 0.25) is 0 Å². The van der Waals surface area contributed by atoms with Gasteiger partial charge in [0.25, 0.3) is 0 Å². The second-order valence-corrected chi connectivity index (χ2v) is 4.03. The van der Waals surface area contributed by atoms with E-state index in [1.165, 1.54) is 0 Å². The molecule has 19 heavy (non-hydrogen) atoms. The van der Waals surface area contributed by atoms with Gasteiger partial charge in [-0.1, -0.05) is 41.9 Å². The van der Waals surface area contributed by atoms with Gasteiger partial charge in [-0.05, 0) is 11.6 Å². The number of hydrogen-bond donors (Lipinski definition) is 0. The maximum absolute atomic E-state index is 13.0. The Labute approximate surface area is 107 Å². The molecule has 100 valence electrons. The van der Waals surface area contributed by atoms with E-state index in [2.05, 4.69) is 0 Å². The zero-order chi connectivity index (χ0) is 13.9. The van der Waals surface area contributed by atoms with Crippen molar-refractivity contribution >= 4 is 12.4 Å². The molecule has 1 nitrogen and oxygen atoms in total. The summed E-state index contributed by atoms with van der Waals surface area (Å²) in [5, 5.41) is 0. The Hall–Kier alpha value is -1.98. The summed E-state index contributed by atoms with van der Waals surface area (Å²) in [6.07, 6.45) is 0. The van der Waals surface area contributed by atoms with E-state index in [9.17, 15) is 17.3 Å². The quantitative estimate of drug-likeness (QED) is 0.610. The summed E-state index contributed by atoms with van der Waals surface area (Å²) in [6.45, 7) is -5.27. The van der Waals surface area contributed by atoms with Gasteiger partial charge in [0.15, 0.2) is 0 Å². The van der Waals surface area contributed by atoms with Crippen molar-refractivity contribution in [1.29, 1.82) is 0 Å². The van der Waals surface area contributed by atoms with Crippen LogP contribution in [0.15, 0.2) is 48.5 Å². The van der Waals surface area contributed by atoms with Crippen LogP contribution < -0.4 is 10.2 Å². The minimum Gasteiger partial charge on any atom is -0.492 e. The average molecular weight is 269 g/mol. The fourth-order valence-corrected chi connectivity index (χ4v) is 1.64. The van der Waals surface area contributed by atoms with Gasteiger partial charge in [-0.25, -0.2) is 4.39 Å². The van der Waals surface area contributed by atoms with Crippen molar-refractivity contribution in [3.63, 3.8) is 0 Å². The van der Waals surface area contributed by atoms with Crippen molar-refractivity contribution in [2.24, 2.45) is 0 Å². The highest BCUT2D eigenvalue weighted by Crippen LogP contribution is 2.20. The van der Waals surface area contributed by atoms with Gasteiger partial charge in [0.1, 0.15) is 12.4 Å². The lowest BCUT2D eigenvalue weighted by atomic mass is 9.79. The number of halogens is 4. The third kappa shape index (κ3) is 3.50. The molecule has 0 N–H and O–H groups in total. The Balaban J connectivity index is 2.22. The summed E-state index contributed by atoms with van der Waals surface area (Å²) in [4.78, 5) is 0. The van der Waals surface area contributed by atoms with Crippen LogP contribution in [-0.4, -0.2) is 6.98 Å². The maximum atomic E-state index is 13.0. The lowest BCUT2D eigenvalue weighted by molar-refractivity contribution is 0.305. The van der Waals surface area contributed by atoms with Crippen molar-refractivity contribution in [2.45, 2.75) is 6.61 Å². The van der Waals surface area contributed by atoms with Crippen LogP contribution in [0.5, 0.6) is 5.75 Å². The van der Waals surface area contributed by atoms with Crippen LogP contribution in [-0.2, 0) is 6.61 Å². The molecule has 0 radical (unpaired) electrons. The molecule has 0 unspecified atom stereocenters. The maximum Gasteiger partial charge on any atom is 0.513 e. The molecular formula is C13H10BF4O-. The molecule has 0 atom stereocenters. The average Bonchev–Trinajstić information content (AvgIpc) is 2.36. The van der Waals surface area contributed by atoms with Crippen LogP contribution in [0.4, 0.5) is 17.3 Å². The molecule has 0 aliphatic rings. The summed E-state index contributed by atoms with van der Waals surface area (Å²) < 4.78 is 56.4. The van der Waals surface area contributed by atoms with E-state index < -0.39 is 24.0 Å². The Kier molecular flexibility index (Phi) is 3.78. The third-order valence-electron chi connectivity index (χ3n) is 2.57. The summed E-state index contributed by atoms with van der Waals surface area (Å²) in [5.41, 5.74) is -0.204. The number of rotatable bonds is 4. The van der Waals surface area contributed by atoms with Crippen molar-refractivity contribution in [2.75, 3.05) is 0 Å². The predicted octanol–water partition coefficient (Wildman–Crippen LogP) is 3.46. The van der Waals surface area contributed by atoms with Crippen molar-refractivity contribution in [3.05, 3.63) is 59.9 Å². The smallest absolute Gasteiger partial charge is 0.492 e. The first-order valence-corrected chi connectivity index (χ1v) is 5.63. The molecule has 0 saturated carbocycles. The van der Waals surface area contributed by atoms with E-state index in [0.29, 0.717) is 11.6 Å². The molecule has 0 aliphatic heterocycles. The van der Waals surface area contributed by atoms with Gasteiger partial charge >= 0.3 is 6.98 Å². The Morgan fingerprint density at radius 1 is 0.947 bits per heavy atom. The van der Waals surface area contributed by atoms with Gasteiger partial charge in [-0.3, -0.25) is 0 Å². The molecule has 0 heterocycles. The number of benzene rings is 2. The van der Waals surface area contributed by atoms with E-state index in [-0.39, 0.29) is 6.61 Å². The number of ether oxygens (including phenoxy) is 1. The summed E-state index contributed by atoms with van der Waals surface area (Å²) in [7, 11) is 0. The molecular weight excluding hydrogens is 259 g/mol. The van der Waals surface area contributed by atoms with Gasteiger partial charge < -0.3 is 17.7 Å². The van der Waals surface area contributed by atoms with Crippen LogP contribution in [0, 0.1) is 5.82 Å². The highest BCUT2D eigenvalue weighted by atomic mass is 19.4. The molecule has 0 fully saturated rings. The van der Waals surface area contributed by atoms with Crippen molar-refractivity contribution in [3.8, 4) is 5.75 Å². The Bertz CT molecular complexity index is 554. The normalized spacial score (nSPS) is 11.4. The fourth-order valence-electron chi connectivity index (χ4n) is 1.64. The van der Waals surface area contributed by atoms with Gasteiger partial charge in [0, 0.05) is 6.07 Å². The first kappa shape index (κ1) is 13.5. The minimum atomic E-state index is -5.23. The van der Waals surface area contributed by atoms with E-state index in [1.54, 1.807) is 30.3 Å². The largest absolute Gasteiger partial charge is 0.513 e. The molecule has 0 bridgehead atoms. The predicted molar refractivity (Wildman–Crippen MR) is 65.9 cm³/mol. The van der Waals surface area contributed by atoms with Crippen molar-refractivity contribution < 1.29 is 22.1 Å². The molecule has 0 aliphatic carbocycles. The standard InChI is InChI=1S/C13H10BF4O/c15-11-6-7-12(14(16,17)18)13(8-11)19-9-10-4-2-1-3-5-10/h1-8H,9H2/q-1. The highest BCUT2D eigenvalue weighted by molar-refractivity contribution is 6.74. The van der Waals surface area contributed by atoms with Gasteiger partial charge in [-0.2, -0.15) is 0 Å². The topological polar surface area (TPSA) is 9.23 Å². The lowest BCUT2D eigenvalue weighted by Crippen LogP contribution is -2.35. The molecule has 0 amide bonds. The first-order valence-electron chi connectivity index (χ1n) is 5.63. The zero-order valence-electron chi connectivity index (χ0n) is 9.82. The Morgan fingerprint density at radius 2 is 1.63 bits per heavy atom. The minimum absolute atomic E-state index is 0.0382. The van der Waals surface area contributed by atoms with Crippen LogP contribution in [0.1, 0.15) is 5.56 Å². The van der Waals surface area contributed by atoms with Gasteiger partial charge in [0.05, 0.1) is 5.75 Å². The second-order valence-electron chi connectivity index (χ2n) is 4.03. The van der Waals surface area contributed by atoms with E-state index in [4.69, 9.17) is 4.74 Å². The molecule has 0 spiro atoms. The molecule has 0 saturated heterocycles. The summed E-state index contributed by atoms with van der Waals surface area (Å²) in [6, 6.07) is 11.0. The highest BCUT2D eigenvalue weighted by Gasteiger charge is 2.29.